The van der Waals surface area contributed by atoms with Gasteiger partial charge >= 0.3 is 0 Å². The lowest BCUT2D eigenvalue weighted by Gasteiger charge is -2.38. The Morgan fingerprint density at radius 3 is 2.39 bits per heavy atom. The summed E-state index contributed by atoms with van der Waals surface area (Å²) in [5.74, 6) is 1.62. The Bertz CT molecular complexity index is 761. The number of anilines is 1. The Labute approximate surface area is 183 Å². The molecule has 1 saturated heterocycles. The summed E-state index contributed by atoms with van der Waals surface area (Å²) in [6, 6.07) is 14.8. The summed E-state index contributed by atoms with van der Waals surface area (Å²) >= 11 is 0. The first kappa shape index (κ1) is 22.3. The zero-order valence-electron chi connectivity index (χ0n) is 16.4. The van der Waals surface area contributed by atoms with Gasteiger partial charge in [0.2, 0.25) is 0 Å². The Morgan fingerprint density at radius 2 is 1.75 bits per heavy atom. The van der Waals surface area contributed by atoms with Gasteiger partial charge in [0.1, 0.15) is 11.6 Å². The van der Waals surface area contributed by atoms with Crippen molar-refractivity contribution in [2.24, 2.45) is 4.99 Å². The number of benzene rings is 2. The van der Waals surface area contributed by atoms with E-state index in [0.29, 0.717) is 0 Å². The Kier molecular flexibility index (Phi) is 8.82. The second-order valence-corrected chi connectivity index (χ2v) is 6.50. The predicted octanol–water partition coefficient (Wildman–Crippen LogP) is 3.39. The summed E-state index contributed by atoms with van der Waals surface area (Å²) in [7, 11) is 3.52. The van der Waals surface area contributed by atoms with E-state index in [1.54, 1.807) is 7.11 Å². The van der Waals surface area contributed by atoms with Gasteiger partial charge in [0.15, 0.2) is 5.96 Å². The minimum atomic E-state index is -0.199. The molecule has 1 fully saturated rings. The molecule has 1 heterocycles. The van der Waals surface area contributed by atoms with Crippen molar-refractivity contribution in [3.05, 3.63) is 59.9 Å². The molecule has 1 aliphatic heterocycles. The molecule has 2 aromatic carbocycles. The van der Waals surface area contributed by atoms with Crippen molar-refractivity contribution in [3.8, 4) is 5.75 Å². The Balaban J connectivity index is 0.00000280. The van der Waals surface area contributed by atoms with Crippen molar-refractivity contribution in [2.75, 3.05) is 51.8 Å². The molecule has 7 heteroatoms. The molecule has 0 aliphatic carbocycles. The fraction of sp³-hybridized carbons (Fsp3) is 0.381. The second-order valence-electron chi connectivity index (χ2n) is 6.50. The molecular weight excluding hydrogens is 470 g/mol. The van der Waals surface area contributed by atoms with E-state index >= 15 is 0 Å². The van der Waals surface area contributed by atoms with E-state index in [0.717, 1.165) is 62.1 Å². The van der Waals surface area contributed by atoms with Gasteiger partial charge in [-0.2, -0.15) is 0 Å². The number of rotatable bonds is 5. The molecule has 0 spiro atoms. The van der Waals surface area contributed by atoms with Crippen molar-refractivity contribution in [2.45, 2.75) is 6.42 Å². The molecule has 5 nitrogen and oxygen atoms in total. The highest BCUT2D eigenvalue weighted by atomic mass is 127. The molecule has 28 heavy (non-hydrogen) atoms. The lowest BCUT2D eigenvalue weighted by molar-refractivity contribution is 0.367. The van der Waals surface area contributed by atoms with Crippen LogP contribution in [0.15, 0.2) is 53.5 Å². The van der Waals surface area contributed by atoms with E-state index in [-0.39, 0.29) is 29.8 Å². The quantitative estimate of drug-likeness (QED) is 0.390. The van der Waals surface area contributed by atoms with Gasteiger partial charge in [-0.05, 0) is 36.2 Å². The predicted molar refractivity (Wildman–Crippen MR) is 124 cm³/mol. The smallest absolute Gasteiger partial charge is 0.193 e. The lowest BCUT2D eigenvalue weighted by Crippen LogP contribution is -2.52. The van der Waals surface area contributed by atoms with Crippen molar-refractivity contribution >= 4 is 35.6 Å². The number of hydrogen-bond donors (Lipinski definition) is 1. The molecule has 1 aliphatic rings. The molecule has 0 radical (unpaired) electrons. The van der Waals surface area contributed by atoms with Crippen molar-refractivity contribution in [3.63, 3.8) is 0 Å². The van der Waals surface area contributed by atoms with Gasteiger partial charge in [-0.25, -0.2) is 4.39 Å². The van der Waals surface area contributed by atoms with E-state index in [9.17, 15) is 4.39 Å². The molecule has 0 saturated carbocycles. The van der Waals surface area contributed by atoms with Gasteiger partial charge in [0.25, 0.3) is 0 Å². The maximum absolute atomic E-state index is 13.0. The number of nitrogens with one attached hydrogen (secondary N) is 1. The molecule has 0 atom stereocenters. The molecule has 2 aromatic rings. The van der Waals surface area contributed by atoms with Crippen LogP contribution in [-0.4, -0.2) is 57.7 Å². The summed E-state index contributed by atoms with van der Waals surface area (Å²) in [5.41, 5.74) is 2.25. The van der Waals surface area contributed by atoms with Crippen LogP contribution in [0.25, 0.3) is 0 Å². The minimum Gasteiger partial charge on any atom is -0.495 e. The molecule has 0 unspecified atom stereocenters. The number of hydrogen-bond acceptors (Lipinski definition) is 3. The van der Waals surface area contributed by atoms with E-state index in [4.69, 9.17) is 4.74 Å². The van der Waals surface area contributed by atoms with Crippen LogP contribution in [0.5, 0.6) is 5.75 Å². The SMILES string of the molecule is CN=C(NCCc1ccc(F)cc1)N1CCN(c2ccccc2OC)CC1.I. The van der Waals surface area contributed by atoms with Crippen LogP contribution in [0.1, 0.15) is 5.56 Å². The van der Waals surface area contributed by atoms with Crippen LogP contribution in [-0.2, 0) is 6.42 Å². The fourth-order valence-corrected chi connectivity index (χ4v) is 3.35. The van der Waals surface area contributed by atoms with Gasteiger partial charge in [-0.3, -0.25) is 4.99 Å². The van der Waals surface area contributed by atoms with Gasteiger partial charge in [-0.1, -0.05) is 24.3 Å². The highest BCUT2D eigenvalue weighted by Crippen LogP contribution is 2.28. The number of methoxy groups -OCH3 is 1. The molecular formula is C21H28FIN4O. The Hall–Kier alpha value is -2.03. The first-order valence-corrected chi connectivity index (χ1v) is 9.29. The maximum atomic E-state index is 13.0. The van der Waals surface area contributed by atoms with Gasteiger partial charge < -0.3 is 19.9 Å². The number of halogens is 2. The van der Waals surface area contributed by atoms with Crippen LogP contribution >= 0.6 is 24.0 Å². The van der Waals surface area contributed by atoms with Crippen LogP contribution in [0.3, 0.4) is 0 Å². The summed E-state index contributed by atoms with van der Waals surface area (Å²) in [4.78, 5) is 9.04. The van der Waals surface area contributed by atoms with Crippen LogP contribution < -0.4 is 15.0 Å². The van der Waals surface area contributed by atoms with E-state index < -0.39 is 0 Å². The Morgan fingerprint density at radius 1 is 1.07 bits per heavy atom. The summed E-state index contributed by atoms with van der Waals surface area (Å²) < 4.78 is 18.5. The van der Waals surface area contributed by atoms with Gasteiger partial charge in [-0.15, -0.1) is 24.0 Å². The second kappa shape index (κ2) is 11.1. The third-order valence-electron chi connectivity index (χ3n) is 4.83. The van der Waals surface area contributed by atoms with Crippen LogP contribution in [0.2, 0.25) is 0 Å². The van der Waals surface area contributed by atoms with E-state index in [1.165, 1.54) is 12.1 Å². The topological polar surface area (TPSA) is 40.1 Å². The third-order valence-corrected chi connectivity index (χ3v) is 4.83. The van der Waals surface area contributed by atoms with Crippen molar-refractivity contribution in [1.82, 2.24) is 10.2 Å². The van der Waals surface area contributed by atoms with Crippen molar-refractivity contribution < 1.29 is 9.13 Å². The van der Waals surface area contributed by atoms with Gasteiger partial charge in [0, 0.05) is 39.8 Å². The summed E-state index contributed by atoms with van der Waals surface area (Å²) in [6.45, 7) is 4.39. The average molecular weight is 498 g/mol. The van der Waals surface area contributed by atoms with Crippen LogP contribution in [0.4, 0.5) is 10.1 Å². The number of guanidine groups is 1. The normalized spacial score (nSPS) is 14.5. The number of piperazine rings is 1. The lowest BCUT2D eigenvalue weighted by atomic mass is 10.1. The molecule has 0 bridgehead atoms. The van der Waals surface area contributed by atoms with E-state index in [2.05, 4.69) is 26.2 Å². The average Bonchev–Trinajstić information content (AvgIpc) is 2.73. The fourth-order valence-electron chi connectivity index (χ4n) is 3.35. The number of aliphatic imine (C=N–C) groups is 1. The number of nitrogens with zero attached hydrogens (tertiary/aromatic N) is 3. The van der Waals surface area contributed by atoms with Crippen molar-refractivity contribution in [1.29, 1.82) is 0 Å². The van der Waals surface area contributed by atoms with Crippen LogP contribution in [0, 0.1) is 5.82 Å². The van der Waals surface area contributed by atoms with Gasteiger partial charge in [0.05, 0.1) is 12.8 Å². The molecule has 152 valence electrons. The highest BCUT2D eigenvalue weighted by molar-refractivity contribution is 14.0. The largest absolute Gasteiger partial charge is 0.495 e. The standard InChI is InChI=1S/C21H27FN4O.HI/c1-23-21(24-12-11-17-7-9-18(22)10-8-17)26-15-13-25(14-16-26)19-5-3-4-6-20(19)27-2;/h3-10H,11-16H2,1-2H3,(H,23,24);1H. The molecule has 3 rings (SSSR count). The number of para-hydroxylation sites is 2. The monoisotopic (exact) mass is 498 g/mol. The minimum absolute atomic E-state index is 0. The first-order chi connectivity index (χ1) is 13.2. The first-order valence-electron chi connectivity index (χ1n) is 9.29. The highest BCUT2D eigenvalue weighted by Gasteiger charge is 2.21. The zero-order valence-corrected chi connectivity index (χ0v) is 18.7. The summed E-state index contributed by atoms with van der Waals surface area (Å²) in [6.07, 6.45) is 0.834. The van der Waals surface area contributed by atoms with E-state index in [1.807, 2.05) is 37.4 Å². The zero-order chi connectivity index (χ0) is 19.1. The number of ether oxygens (including phenoxy) is 1. The third kappa shape index (κ3) is 5.73. The summed E-state index contributed by atoms with van der Waals surface area (Å²) in [5, 5.41) is 3.42. The molecule has 1 N–H and O–H groups in total. The maximum Gasteiger partial charge on any atom is 0.193 e. The molecule has 0 amide bonds. The molecule has 0 aromatic heterocycles.